The number of esters is 1. The topological polar surface area (TPSA) is 66.2 Å². The Labute approximate surface area is 137 Å². The number of rotatable bonds is 5. The minimum atomic E-state index is -0.736. The van der Waals surface area contributed by atoms with Gasteiger partial charge in [0, 0.05) is 25.9 Å². The van der Waals surface area contributed by atoms with Gasteiger partial charge in [-0.05, 0) is 18.2 Å². The monoisotopic (exact) mass is 329 g/mol. The number of hydrogen-bond acceptors (Lipinski definition) is 5. The van der Waals surface area contributed by atoms with Crippen molar-refractivity contribution in [2.75, 3.05) is 20.8 Å². The normalized spacial score (nSPS) is 11.0. The molecule has 0 amide bonds. The van der Waals surface area contributed by atoms with Crippen molar-refractivity contribution < 1.29 is 18.7 Å². The molecular formula is C17H16FN3O3. The number of nitrogens with zero attached hydrogens (tertiary/aromatic N) is 3. The zero-order valence-electron chi connectivity index (χ0n) is 13.3. The van der Waals surface area contributed by atoms with Crippen LogP contribution in [0.2, 0.25) is 0 Å². The molecule has 3 aromatic rings. The fourth-order valence-corrected chi connectivity index (χ4v) is 2.51. The predicted octanol–water partition coefficient (Wildman–Crippen LogP) is 2.67. The van der Waals surface area contributed by atoms with E-state index in [0.717, 1.165) is 0 Å². The van der Waals surface area contributed by atoms with Crippen molar-refractivity contribution in [2.45, 2.75) is 6.54 Å². The summed E-state index contributed by atoms with van der Waals surface area (Å²) < 4.78 is 25.8. The predicted molar refractivity (Wildman–Crippen MR) is 86.1 cm³/mol. The van der Waals surface area contributed by atoms with Crippen molar-refractivity contribution in [3.05, 3.63) is 47.9 Å². The Kier molecular flexibility index (Phi) is 4.52. The van der Waals surface area contributed by atoms with Gasteiger partial charge in [0.15, 0.2) is 5.82 Å². The first-order valence-electron chi connectivity index (χ1n) is 7.34. The Morgan fingerprint density at radius 1 is 1.29 bits per heavy atom. The molecule has 0 spiro atoms. The first kappa shape index (κ1) is 16.1. The van der Waals surface area contributed by atoms with Gasteiger partial charge in [-0.2, -0.15) is 0 Å². The fraction of sp³-hybridized carbons (Fsp3) is 0.235. The molecule has 0 saturated carbocycles. The highest BCUT2D eigenvalue weighted by molar-refractivity contribution is 5.94. The van der Waals surface area contributed by atoms with E-state index in [1.165, 1.54) is 19.2 Å². The zero-order valence-corrected chi connectivity index (χ0v) is 13.3. The van der Waals surface area contributed by atoms with Crippen LogP contribution < -0.4 is 0 Å². The summed E-state index contributed by atoms with van der Waals surface area (Å²) in [5.41, 5.74) is 1.57. The molecule has 0 unspecified atom stereocenters. The molecule has 2 aromatic heterocycles. The molecule has 7 heteroatoms. The van der Waals surface area contributed by atoms with Gasteiger partial charge >= 0.3 is 5.97 Å². The molecule has 0 aliphatic heterocycles. The van der Waals surface area contributed by atoms with Crippen LogP contribution in [-0.4, -0.2) is 41.3 Å². The lowest BCUT2D eigenvalue weighted by Gasteiger charge is -2.08. The van der Waals surface area contributed by atoms with Crippen molar-refractivity contribution >= 4 is 17.0 Å². The number of halogens is 1. The van der Waals surface area contributed by atoms with Crippen LogP contribution in [0.25, 0.3) is 22.6 Å². The number of fused-ring (bicyclic) bond motifs is 1. The highest BCUT2D eigenvalue weighted by Gasteiger charge is 2.19. The number of methoxy groups -OCH3 is 2. The van der Waals surface area contributed by atoms with Crippen LogP contribution in [0, 0.1) is 5.82 Å². The SMILES string of the molecule is COCCn1c(-c2ccccn2)nc2cc(C(=O)OC)c(F)cc21. The molecule has 24 heavy (non-hydrogen) atoms. The molecule has 1 aromatic carbocycles. The third kappa shape index (κ3) is 2.85. The third-order valence-corrected chi connectivity index (χ3v) is 3.66. The summed E-state index contributed by atoms with van der Waals surface area (Å²) in [7, 11) is 2.80. The number of aromatic nitrogens is 3. The Hall–Kier alpha value is -2.80. The summed E-state index contributed by atoms with van der Waals surface area (Å²) in [6.07, 6.45) is 1.66. The van der Waals surface area contributed by atoms with Gasteiger partial charge in [0.05, 0.1) is 30.3 Å². The van der Waals surface area contributed by atoms with Crippen molar-refractivity contribution in [2.24, 2.45) is 0 Å². The molecule has 6 nitrogen and oxygen atoms in total. The van der Waals surface area contributed by atoms with Crippen LogP contribution in [-0.2, 0) is 16.0 Å². The van der Waals surface area contributed by atoms with Crippen molar-refractivity contribution in [1.82, 2.24) is 14.5 Å². The van der Waals surface area contributed by atoms with Gasteiger partial charge < -0.3 is 14.0 Å². The number of imidazole rings is 1. The smallest absolute Gasteiger partial charge is 0.340 e. The zero-order chi connectivity index (χ0) is 17.1. The molecular weight excluding hydrogens is 313 g/mol. The van der Waals surface area contributed by atoms with Crippen LogP contribution in [0.15, 0.2) is 36.5 Å². The maximum Gasteiger partial charge on any atom is 0.340 e. The first-order valence-corrected chi connectivity index (χ1v) is 7.34. The molecule has 0 aliphatic carbocycles. The second-order valence-electron chi connectivity index (χ2n) is 5.11. The largest absolute Gasteiger partial charge is 0.465 e. The molecule has 0 saturated heterocycles. The molecule has 3 rings (SSSR count). The van der Waals surface area contributed by atoms with E-state index in [0.29, 0.717) is 35.7 Å². The maximum atomic E-state index is 14.3. The van der Waals surface area contributed by atoms with Crippen LogP contribution in [0.3, 0.4) is 0 Å². The molecule has 0 bridgehead atoms. The van der Waals surface area contributed by atoms with Gasteiger partial charge in [-0.15, -0.1) is 0 Å². The standard InChI is InChI=1S/C17H16FN3O3/c1-23-8-7-21-15-10-12(18)11(17(22)24-2)9-14(15)20-16(21)13-5-3-4-6-19-13/h3-6,9-10H,7-8H2,1-2H3. The van der Waals surface area contributed by atoms with Gasteiger partial charge in [-0.25, -0.2) is 14.2 Å². The second-order valence-corrected chi connectivity index (χ2v) is 5.11. The average molecular weight is 329 g/mol. The maximum absolute atomic E-state index is 14.3. The van der Waals surface area contributed by atoms with E-state index in [4.69, 9.17) is 4.74 Å². The molecule has 0 aliphatic rings. The highest BCUT2D eigenvalue weighted by atomic mass is 19.1. The Morgan fingerprint density at radius 2 is 2.12 bits per heavy atom. The van der Waals surface area contributed by atoms with Crippen molar-refractivity contribution in [3.63, 3.8) is 0 Å². The second kappa shape index (κ2) is 6.76. The number of carbonyl (C=O) groups is 1. The molecule has 0 N–H and O–H groups in total. The average Bonchev–Trinajstić information content (AvgIpc) is 2.96. The van der Waals surface area contributed by atoms with Crippen molar-refractivity contribution in [3.8, 4) is 11.5 Å². The summed E-state index contributed by atoms with van der Waals surface area (Å²) >= 11 is 0. The number of benzene rings is 1. The number of hydrogen-bond donors (Lipinski definition) is 0. The molecule has 124 valence electrons. The quantitative estimate of drug-likeness (QED) is 0.673. The van der Waals surface area contributed by atoms with Gasteiger partial charge in [-0.1, -0.05) is 6.07 Å². The van der Waals surface area contributed by atoms with Gasteiger partial charge in [0.2, 0.25) is 0 Å². The third-order valence-electron chi connectivity index (χ3n) is 3.66. The van der Waals surface area contributed by atoms with E-state index in [1.807, 2.05) is 16.7 Å². The van der Waals surface area contributed by atoms with E-state index in [9.17, 15) is 9.18 Å². The fourth-order valence-electron chi connectivity index (χ4n) is 2.51. The molecule has 2 heterocycles. The van der Waals surface area contributed by atoms with E-state index < -0.39 is 11.8 Å². The number of pyridine rings is 1. The molecule has 0 radical (unpaired) electrons. The summed E-state index contributed by atoms with van der Waals surface area (Å²) in [6.45, 7) is 0.918. The molecule has 0 atom stereocenters. The van der Waals surface area contributed by atoms with Crippen molar-refractivity contribution in [1.29, 1.82) is 0 Å². The van der Waals surface area contributed by atoms with Crippen LogP contribution in [0.5, 0.6) is 0 Å². The van der Waals surface area contributed by atoms with Crippen LogP contribution in [0.4, 0.5) is 4.39 Å². The Morgan fingerprint density at radius 3 is 2.79 bits per heavy atom. The van der Waals surface area contributed by atoms with Gasteiger partial charge in [-0.3, -0.25) is 4.98 Å². The summed E-state index contributed by atoms with van der Waals surface area (Å²) in [4.78, 5) is 20.5. The van der Waals surface area contributed by atoms with Gasteiger partial charge in [0.1, 0.15) is 11.5 Å². The van der Waals surface area contributed by atoms with E-state index in [2.05, 4.69) is 14.7 Å². The minimum Gasteiger partial charge on any atom is -0.465 e. The lowest BCUT2D eigenvalue weighted by Crippen LogP contribution is -2.07. The minimum absolute atomic E-state index is 0.144. The highest BCUT2D eigenvalue weighted by Crippen LogP contribution is 2.26. The van der Waals surface area contributed by atoms with Crippen LogP contribution in [0.1, 0.15) is 10.4 Å². The molecule has 0 fully saturated rings. The summed E-state index contributed by atoms with van der Waals surface area (Å²) in [6, 6.07) is 8.16. The number of ether oxygens (including phenoxy) is 2. The lowest BCUT2D eigenvalue weighted by atomic mass is 10.2. The summed E-state index contributed by atoms with van der Waals surface area (Å²) in [5.74, 6) is -0.801. The Bertz CT molecular complexity index is 878. The first-order chi connectivity index (χ1) is 11.7. The van der Waals surface area contributed by atoms with E-state index in [-0.39, 0.29) is 5.56 Å². The summed E-state index contributed by atoms with van der Waals surface area (Å²) in [5, 5.41) is 0. The van der Waals surface area contributed by atoms with Gasteiger partial charge in [0.25, 0.3) is 0 Å². The Balaban J connectivity index is 2.21. The van der Waals surface area contributed by atoms with Crippen LogP contribution >= 0.6 is 0 Å². The number of carbonyl (C=O) groups excluding carboxylic acids is 1. The van der Waals surface area contributed by atoms with E-state index in [1.54, 1.807) is 19.4 Å². The van der Waals surface area contributed by atoms with E-state index >= 15 is 0 Å². The lowest BCUT2D eigenvalue weighted by molar-refractivity contribution is 0.0595.